The smallest absolute Gasteiger partial charge is 0.179 e. The molecule has 3 heterocycles. The Labute approximate surface area is 348 Å². The summed E-state index contributed by atoms with van der Waals surface area (Å²) in [6, 6.07) is 67.8. The molecule has 0 radical (unpaired) electrons. The average molecular weight is 771 g/mol. The largest absolute Gasteiger partial charge is 0.398 e. The molecule has 0 spiro atoms. The first-order chi connectivity index (χ1) is 29.6. The van der Waals surface area contributed by atoms with E-state index in [4.69, 9.17) is 25.7 Å². The van der Waals surface area contributed by atoms with Crippen LogP contribution in [-0.2, 0) is 0 Å². The van der Waals surface area contributed by atoms with Crippen molar-refractivity contribution >= 4 is 49.7 Å². The molecule has 284 valence electrons. The van der Waals surface area contributed by atoms with Crippen LogP contribution in [0.2, 0.25) is 0 Å². The Morgan fingerprint density at radius 2 is 1.07 bits per heavy atom. The monoisotopic (exact) mass is 770 g/mol. The van der Waals surface area contributed by atoms with Gasteiger partial charge in [0.25, 0.3) is 0 Å². The lowest BCUT2D eigenvalue weighted by Crippen LogP contribution is -2.05. The van der Waals surface area contributed by atoms with E-state index in [0.717, 1.165) is 61.0 Å². The Kier molecular flexibility index (Phi) is 9.40. The van der Waals surface area contributed by atoms with E-state index in [9.17, 15) is 0 Å². The number of aliphatic imine (C=N–C) groups is 1. The number of nitrogens with zero attached hydrogens (tertiary/aromatic N) is 5. The highest BCUT2D eigenvalue weighted by molar-refractivity contribution is 6.21. The molecule has 0 fully saturated rings. The molecule has 60 heavy (non-hydrogen) atoms. The maximum absolute atomic E-state index is 6.73. The molecule has 0 saturated heterocycles. The van der Waals surface area contributed by atoms with Crippen LogP contribution in [0.25, 0.3) is 83.8 Å². The van der Waals surface area contributed by atoms with Crippen molar-refractivity contribution in [1.82, 2.24) is 19.5 Å². The summed E-state index contributed by atoms with van der Waals surface area (Å²) in [5, 5.41) is 4.65. The van der Waals surface area contributed by atoms with Gasteiger partial charge in [0.2, 0.25) is 0 Å². The maximum atomic E-state index is 6.73. The van der Waals surface area contributed by atoms with E-state index in [1.165, 1.54) is 10.8 Å². The molecule has 0 amide bonds. The summed E-state index contributed by atoms with van der Waals surface area (Å²) in [6.45, 7) is 4.59. The standard InChI is InChI=1S/C54H38N6/c1-36(56-46(39-21-8-3-9-22-39)34-45(55)38-19-6-2-7-20-38)42-32-49(54-58-47(40-23-10-4-11-24-40)35-48(59-54)41-25-12-5-13-26-41)57-52(33-42)60-50-29-17-16-28-44(50)53-43-27-15-14-18-37(43)30-31-51(53)60/h2-35H,1,55H2/b45-34-,56-46+. The van der Waals surface area contributed by atoms with Crippen LogP contribution in [0.15, 0.2) is 218 Å². The van der Waals surface area contributed by atoms with Crippen LogP contribution >= 0.6 is 0 Å². The second-order valence-corrected chi connectivity index (χ2v) is 14.6. The fourth-order valence-corrected chi connectivity index (χ4v) is 7.83. The highest BCUT2D eigenvalue weighted by Crippen LogP contribution is 2.38. The summed E-state index contributed by atoms with van der Waals surface area (Å²) in [7, 11) is 0. The van der Waals surface area contributed by atoms with Gasteiger partial charge in [-0.3, -0.25) is 4.57 Å². The van der Waals surface area contributed by atoms with Crippen molar-refractivity contribution in [2.24, 2.45) is 10.7 Å². The van der Waals surface area contributed by atoms with Crippen LogP contribution in [0.1, 0.15) is 16.7 Å². The molecule has 3 aromatic heterocycles. The summed E-state index contributed by atoms with van der Waals surface area (Å²) in [5.41, 5.74) is 17.3. The molecule has 0 bridgehead atoms. The number of hydrogen-bond acceptors (Lipinski definition) is 5. The molecule has 7 aromatic carbocycles. The van der Waals surface area contributed by atoms with E-state index in [2.05, 4.69) is 102 Å². The van der Waals surface area contributed by atoms with Gasteiger partial charge < -0.3 is 5.73 Å². The first-order valence-electron chi connectivity index (χ1n) is 19.9. The molecule has 0 aliphatic carbocycles. The van der Waals surface area contributed by atoms with Crippen LogP contribution in [0.4, 0.5) is 0 Å². The highest BCUT2D eigenvalue weighted by Gasteiger charge is 2.20. The minimum atomic E-state index is 0.484. The fraction of sp³-hybridized carbons (Fsp3) is 0. The van der Waals surface area contributed by atoms with Crippen molar-refractivity contribution < 1.29 is 0 Å². The van der Waals surface area contributed by atoms with Gasteiger partial charge in [-0.25, -0.2) is 19.9 Å². The lowest BCUT2D eigenvalue weighted by Gasteiger charge is -2.14. The molecular weight excluding hydrogens is 733 g/mol. The zero-order chi connectivity index (χ0) is 40.4. The summed E-state index contributed by atoms with van der Waals surface area (Å²) in [5.74, 6) is 1.17. The normalized spacial score (nSPS) is 12.0. The summed E-state index contributed by atoms with van der Waals surface area (Å²) < 4.78 is 2.23. The van der Waals surface area contributed by atoms with Crippen molar-refractivity contribution in [1.29, 1.82) is 0 Å². The average Bonchev–Trinajstić information content (AvgIpc) is 3.67. The first-order valence-corrected chi connectivity index (χ1v) is 19.9. The number of para-hydroxylation sites is 1. The number of hydrogen-bond donors (Lipinski definition) is 1. The summed E-state index contributed by atoms with van der Waals surface area (Å²) in [6.07, 6.45) is 1.91. The molecule has 6 nitrogen and oxygen atoms in total. The van der Waals surface area contributed by atoms with Crippen LogP contribution in [0, 0.1) is 0 Å². The minimum absolute atomic E-state index is 0.484. The predicted molar refractivity (Wildman–Crippen MR) is 249 cm³/mol. The van der Waals surface area contributed by atoms with E-state index in [-0.39, 0.29) is 0 Å². The second kappa shape index (κ2) is 15.6. The second-order valence-electron chi connectivity index (χ2n) is 14.6. The van der Waals surface area contributed by atoms with E-state index >= 15 is 0 Å². The maximum Gasteiger partial charge on any atom is 0.179 e. The number of pyridine rings is 1. The molecule has 0 atom stereocenters. The molecular formula is C54H38N6. The van der Waals surface area contributed by atoms with Gasteiger partial charge in [-0.2, -0.15) is 0 Å². The zero-order valence-corrected chi connectivity index (χ0v) is 32.7. The van der Waals surface area contributed by atoms with Crippen LogP contribution in [0.5, 0.6) is 0 Å². The third-order valence-corrected chi connectivity index (χ3v) is 10.8. The number of aromatic nitrogens is 4. The zero-order valence-electron chi connectivity index (χ0n) is 32.7. The molecule has 0 unspecified atom stereocenters. The van der Waals surface area contributed by atoms with E-state index in [1.54, 1.807) is 0 Å². The number of allylic oxidation sites excluding steroid dienone is 1. The number of fused-ring (bicyclic) bond motifs is 5. The highest BCUT2D eigenvalue weighted by atomic mass is 15.1. The van der Waals surface area contributed by atoms with Crippen molar-refractivity contribution in [3.63, 3.8) is 0 Å². The Bertz CT molecular complexity index is 3200. The van der Waals surface area contributed by atoms with Crippen molar-refractivity contribution in [3.8, 4) is 39.9 Å². The van der Waals surface area contributed by atoms with E-state index in [0.29, 0.717) is 34.4 Å². The van der Waals surface area contributed by atoms with Crippen LogP contribution in [0.3, 0.4) is 0 Å². The Morgan fingerprint density at radius 1 is 0.500 bits per heavy atom. The number of benzene rings is 7. The van der Waals surface area contributed by atoms with Crippen molar-refractivity contribution in [2.75, 3.05) is 0 Å². The van der Waals surface area contributed by atoms with Crippen LogP contribution < -0.4 is 5.73 Å². The van der Waals surface area contributed by atoms with Gasteiger partial charge in [0.15, 0.2) is 5.82 Å². The summed E-state index contributed by atoms with van der Waals surface area (Å²) >= 11 is 0. The lowest BCUT2D eigenvalue weighted by molar-refractivity contribution is 1.06. The summed E-state index contributed by atoms with van der Waals surface area (Å²) in [4.78, 5) is 21.0. The van der Waals surface area contributed by atoms with Crippen LogP contribution in [-0.4, -0.2) is 25.2 Å². The number of nitrogens with two attached hydrogens (primary N) is 1. The molecule has 0 saturated carbocycles. The molecule has 0 aliphatic rings. The lowest BCUT2D eigenvalue weighted by atomic mass is 10.0. The molecule has 10 aromatic rings. The van der Waals surface area contributed by atoms with Gasteiger partial charge in [-0.1, -0.05) is 176 Å². The minimum Gasteiger partial charge on any atom is -0.398 e. The third kappa shape index (κ3) is 6.93. The van der Waals surface area contributed by atoms with Gasteiger partial charge >= 0.3 is 0 Å². The molecule has 2 N–H and O–H groups in total. The van der Waals surface area contributed by atoms with Crippen molar-refractivity contribution in [3.05, 3.63) is 230 Å². The topological polar surface area (TPSA) is 82.0 Å². The van der Waals surface area contributed by atoms with Gasteiger partial charge in [0, 0.05) is 38.7 Å². The predicted octanol–water partition coefficient (Wildman–Crippen LogP) is 12.6. The molecule has 6 heteroatoms. The fourth-order valence-electron chi connectivity index (χ4n) is 7.83. The van der Waals surface area contributed by atoms with E-state index < -0.39 is 0 Å². The van der Waals surface area contributed by atoms with Gasteiger partial charge in [0.05, 0.1) is 33.8 Å². The van der Waals surface area contributed by atoms with E-state index in [1.807, 2.05) is 115 Å². The van der Waals surface area contributed by atoms with Gasteiger partial charge in [0.1, 0.15) is 11.5 Å². The van der Waals surface area contributed by atoms with Crippen molar-refractivity contribution in [2.45, 2.75) is 0 Å². The Balaban J connectivity index is 1.23. The quantitative estimate of drug-likeness (QED) is 0.148. The third-order valence-electron chi connectivity index (χ3n) is 10.8. The SMILES string of the molecule is C=C(/N=C(\C=C(/N)c1ccccc1)c1ccccc1)c1cc(-c2nc(-c3ccccc3)cc(-c3ccccc3)n2)nc(-n2c3ccccc3c3c4ccccc4ccc32)c1. The number of rotatable bonds is 9. The molecule has 10 rings (SSSR count). The van der Waals surface area contributed by atoms with Gasteiger partial charge in [-0.05, 0) is 52.7 Å². The first kappa shape index (κ1) is 36.1. The Morgan fingerprint density at radius 3 is 1.73 bits per heavy atom. The van der Waals surface area contributed by atoms with Gasteiger partial charge in [-0.15, -0.1) is 0 Å². The molecule has 0 aliphatic heterocycles. The Hall–Kier alpha value is -8.22.